The highest BCUT2D eigenvalue weighted by molar-refractivity contribution is 4.86. The topological polar surface area (TPSA) is 47.9 Å². The molecule has 1 rings (SSSR count). The number of hydrogen-bond acceptors (Lipinski definition) is 1. The minimum absolute atomic E-state index is 0.194. The van der Waals surface area contributed by atoms with E-state index in [0.717, 1.165) is 0 Å². The van der Waals surface area contributed by atoms with Gasteiger partial charge in [-0.2, -0.15) is 0 Å². The van der Waals surface area contributed by atoms with Crippen LogP contribution in [-0.4, -0.2) is 23.2 Å². The average molecular weight is 152 g/mol. The molecule has 0 saturated heterocycles. The Morgan fingerprint density at radius 1 is 1.50 bits per heavy atom. The lowest BCUT2D eigenvalue weighted by atomic mass is 9.90. The fourth-order valence-corrected chi connectivity index (χ4v) is 1.25. The van der Waals surface area contributed by atoms with Crippen molar-refractivity contribution < 1.29 is 19.6 Å². The summed E-state index contributed by atoms with van der Waals surface area (Å²) in [4.78, 5) is 0. The highest BCUT2D eigenvalue weighted by Crippen LogP contribution is 2.31. The molecule has 4 heteroatoms. The maximum atomic E-state index is 12.6. The Kier molecular flexibility index (Phi) is 1.92. The second-order valence-corrected chi connectivity index (χ2v) is 2.86. The van der Waals surface area contributed by atoms with E-state index in [0.29, 0.717) is 12.8 Å². The first-order chi connectivity index (χ1) is 4.54. The van der Waals surface area contributed by atoms with Crippen LogP contribution in [0, 0.1) is 0 Å². The second-order valence-electron chi connectivity index (χ2n) is 2.86. The summed E-state index contributed by atoms with van der Waals surface area (Å²) in [5, 5.41) is 8.89. The third-order valence-electron chi connectivity index (χ3n) is 1.96. The smallest absolute Gasteiger partial charge is 0.279 e. The van der Waals surface area contributed by atoms with Crippen LogP contribution in [0.25, 0.3) is 0 Å². The normalized spacial score (nSPS) is 39.6. The molecule has 0 aromatic carbocycles. The molecule has 0 spiro atoms. The number of halogens is 2. The lowest BCUT2D eigenvalue weighted by Gasteiger charge is -2.29. The molecular weight excluding hydrogens is 140 g/mol. The van der Waals surface area contributed by atoms with Crippen LogP contribution in [0.5, 0.6) is 0 Å². The zero-order valence-corrected chi connectivity index (χ0v) is 5.69. The first kappa shape index (κ1) is 7.88. The Balaban J connectivity index is 2.60. The van der Waals surface area contributed by atoms with E-state index in [1.54, 1.807) is 0 Å². The number of aliphatic hydroxyl groups excluding tert-OH is 1. The van der Waals surface area contributed by atoms with Crippen molar-refractivity contribution in [2.24, 2.45) is 0 Å². The number of quaternary nitrogens is 1. The first-order valence-corrected chi connectivity index (χ1v) is 3.43. The van der Waals surface area contributed by atoms with Crippen molar-refractivity contribution in [2.45, 2.75) is 37.3 Å². The molecule has 0 unspecified atom stereocenters. The molecule has 0 bridgehead atoms. The molecule has 4 N–H and O–H groups in total. The first-order valence-electron chi connectivity index (χ1n) is 3.43. The zero-order valence-electron chi connectivity index (χ0n) is 5.69. The summed E-state index contributed by atoms with van der Waals surface area (Å²) in [7, 11) is 0. The third-order valence-corrected chi connectivity index (χ3v) is 1.96. The molecule has 2 atom stereocenters. The highest BCUT2D eigenvalue weighted by Gasteiger charge is 2.46. The van der Waals surface area contributed by atoms with Crippen molar-refractivity contribution in [3.05, 3.63) is 0 Å². The average Bonchev–Trinajstić information content (AvgIpc) is 1.83. The molecule has 60 valence electrons. The van der Waals surface area contributed by atoms with Gasteiger partial charge in [-0.3, -0.25) is 0 Å². The number of hydrogen-bond donors (Lipinski definition) is 2. The molecule has 1 fully saturated rings. The van der Waals surface area contributed by atoms with Gasteiger partial charge < -0.3 is 10.8 Å². The minimum Gasteiger partial charge on any atom is -0.381 e. The molecule has 0 aromatic heterocycles. The summed E-state index contributed by atoms with van der Waals surface area (Å²) in [6, 6.07) is -0.497. The van der Waals surface area contributed by atoms with Crippen LogP contribution in [0.2, 0.25) is 0 Å². The summed E-state index contributed by atoms with van der Waals surface area (Å²) in [5.74, 6) is -2.90. The summed E-state index contributed by atoms with van der Waals surface area (Å²) in [6.07, 6.45) is -0.643. The van der Waals surface area contributed by atoms with Crippen molar-refractivity contribution in [1.29, 1.82) is 0 Å². The molecule has 0 aromatic rings. The SMILES string of the molecule is [NH3+][C@H]1CCCC(F)(F)[C@@H]1O. The molecule has 1 saturated carbocycles. The van der Waals surface area contributed by atoms with E-state index in [4.69, 9.17) is 5.11 Å². The van der Waals surface area contributed by atoms with Crippen molar-refractivity contribution in [1.82, 2.24) is 0 Å². The largest absolute Gasteiger partial charge is 0.381 e. The molecule has 0 heterocycles. The van der Waals surface area contributed by atoms with Gasteiger partial charge in [0.15, 0.2) is 6.10 Å². The van der Waals surface area contributed by atoms with Gasteiger partial charge in [0.2, 0.25) is 0 Å². The van der Waals surface area contributed by atoms with Crippen LogP contribution in [-0.2, 0) is 0 Å². The van der Waals surface area contributed by atoms with Crippen LogP contribution >= 0.6 is 0 Å². The van der Waals surface area contributed by atoms with Crippen LogP contribution in [0.4, 0.5) is 8.78 Å². The van der Waals surface area contributed by atoms with Gasteiger partial charge in [-0.05, 0) is 6.42 Å². The summed E-state index contributed by atoms with van der Waals surface area (Å²) < 4.78 is 25.1. The Morgan fingerprint density at radius 2 is 2.10 bits per heavy atom. The van der Waals surface area contributed by atoms with Crippen LogP contribution in [0.1, 0.15) is 19.3 Å². The minimum atomic E-state index is -2.90. The van der Waals surface area contributed by atoms with Crippen molar-refractivity contribution in [2.75, 3.05) is 0 Å². The number of rotatable bonds is 0. The van der Waals surface area contributed by atoms with Crippen molar-refractivity contribution in [3.8, 4) is 0 Å². The molecular formula is C6H12F2NO+. The fourth-order valence-electron chi connectivity index (χ4n) is 1.25. The Bertz CT molecular complexity index is 129. The molecule has 2 nitrogen and oxygen atoms in total. The molecule has 0 amide bonds. The van der Waals surface area contributed by atoms with E-state index < -0.39 is 18.1 Å². The van der Waals surface area contributed by atoms with E-state index in [1.165, 1.54) is 0 Å². The van der Waals surface area contributed by atoms with E-state index >= 15 is 0 Å². The van der Waals surface area contributed by atoms with E-state index in [2.05, 4.69) is 5.73 Å². The maximum Gasteiger partial charge on any atom is 0.279 e. The number of alkyl halides is 2. The van der Waals surface area contributed by atoms with Gasteiger partial charge in [0, 0.05) is 12.8 Å². The standard InChI is InChI=1S/C6H11F2NO/c7-6(8)3-1-2-4(9)5(6)10/h4-5,10H,1-3,9H2/p+1/t4-,5+/m0/s1. The Hall–Kier alpha value is -0.220. The summed E-state index contributed by atoms with van der Waals surface area (Å²) >= 11 is 0. The second kappa shape index (κ2) is 2.43. The number of aliphatic hydroxyl groups is 1. The summed E-state index contributed by atoms with van der Waals surface area (Å²) in [6.45, 7) is 0. The van der Waals surface area contributed by atoms with Gasteiger partial charge in [0.25, 0.3) is 5.92 Å². The molecule has 1 aliphatic carbocycles. The molecule has 0 aliphatic heterocycles. The van der Waals surface area contributed by atoms with Gasteiger partial charge >= 0.3 is 0 Å². The lowest BCUT2D eigenvalue weighted by Crippen LogP contribution is -2.71. The van der Waals surface area contributed by atoms with Crippen molar-refractivity contribution >= 4 is 0 Å². The quantitative estimate of drug-likeness (QED) is 0.495. The summed E-state index contributed by atoms with van der Waals surface area (Å²) in [5.41, 5.74) is 3.44. The van der Waals surface area contributed by atoms with E-state index in [-0.39, 0.29) is 6.42 Å². The Labute approximate surface area is 58.0 Å². The predicted octanol–water partition coefficient (Wildman–Crippen LogP) is -0.223. The van der Waals surface area contributed by atoms with Crippen LogP contribution in [0.3, 0.4) is 0 Å². The molecule has 0 radical (unpaired) electrons. The molecule has 1 aliphatic rings. The lowest BCUT2D eigenvalue weighted by molar-refractivity contribution is -0.456. The van der Waals surface area contributed by atoms with Gasteiger partial charge in [-0.25, -0.2) is 8.78 Å². The van der Waals surface area contributed by atoms with Crippen LogP contribution < -0.4 is 5.73 Å². The maximum absolute atomic E-state index is 12.6. The monoisotopic (exact) mass is 152 g/mol. The molecule has 10 heavy (non-hydrogen) atoms. The van der Waals surface area contributed by atoms with Gasteiger partial charge in [0.05, 0.1) is 0 Å². The van der Waals surface area contributed by atoms with E-state index in [1.807, 2.05) is 0 Å². The van der Waals surface area contributed by atoms with Crippen molar-refractivity contribution in [3.63, 3.8) is 0 Å². The van der Waals surface area contributed by atoms with Crippen LogP contribution in [0.15, 0.2) is 0 Å². The fraction of sp³-hybridized carbons (Fsp3) is 1.00. The Morgan fingerprint density at radius 3 is 2.50 bits per heavy atom. The zero-order chi connectivity index (χ0) is 7.78. The highest BCUT2D eigenvalue weighted by atomic mass is 19.3. The third kappa shape index (κ3) is 1.27. The van der Waals surface area contributed by atoms with Gasteiger partial charge in [0.1, 0.15) is 6.04 Å². The van der Waals surface area contributed by atoms with Gasteiger partial charge in [-0.15, -0.1) is 0 Å². The van der Waals surface area contributed by atoms with Gasteiger partial charge in [-0.1, -0.05) is 0 Å². The van der Waals surface area contributed by atoms with E-state index in [9.17, 15) is 8.78 Å². The predicted molar refractivity (Wildman–Crippen MR) is 31.5 cm³/mol.